The number of thiocarbonyl (C=S) groups is 1. The highest BCUT2D eigenvalue weighted by atomic mass is 32.1. The van der Waals surface area contributed by atoms with Crippen LogP contribution in [-0.4, -0.2) is 23.3 Å². The van der Waals surface area contributed by atoms with Gasteiger partial charge in [0.15, 0.2) is 5.11 Å². The smallest absolute Gasteiger partial charge is 0.338 e. The monoisotopic (exact) mass is 412 g/mol. The molecule has 2 aromatic rings. The van der Waals surface area contributed by atoms with Crippen LogP contribution < -0.4 is 15.4 Å². The lowest BCUT2D eigenvalue weighted by atomic mass is 9.89. The Balaban J connectivity index is 1.73. The number of rotatable bonds is 4. The molecule has 2 N–H and O–H groups in total. The van der Waals surface area contributed by atoms with Gasteiger partial charge in [-0.25, -0.2) is 4.79 Å². The lowest BCUT2D eigenvalue weighted by Gasteiger charge is -2.38. The molecule has 0 saturated carbocycles. The maximum atomic E-state index is 11.9. The summed E-state index contributed by atoms with van der Waals surface area (Å²) in [6.07, 6.45) is 0.797. The minimum absolute atomic E-state index is 0.0495. The summed E-state index contributed by atoms with van der Waals surface area (Å²) in [7, 11) is 0. The lowest BCUT2D eigenvalue weighted by Crippen LogP contribution is -2.42. The van der Waals surface area contributed by atoms with E-state index >= 15 is 0 Å². The summed E-state index contributed by atoms with van der Waals surface area (Å²) in [6, 6.07) is 11.7. The first-order chi connectivity index (χ1) is 13.7. The van der Waals surface area contributed by atoms with Gasteiger partial charge in [-0.1, -0.05) is 12.1 Å². The van der Waals surface area contributed by atoms with E-state index in [2.05, 4.69) is 49.6 Å². The maximum Gasteiger partial charge on any atom is 0.338 e. The Hall–Kier alpha value is -2.60. The van der Waals surface area contributed by atoms with Crippen LogP contribution in [0, 0.1) is 13.8 Å². The molecule has 5 nitrogen and oxygen atoms in total. The number of carbonyl (C=O) groups is 1. The van der Waals surface area contributed by atoms with E-state index in [0.717, 1.165) is 29.0 Å². The number of ether oxygens (including phenoxy) is 2. The molecule has 6 heteroatoms. The van der Waals surface area contributed by atoms with Gasteiger partial charge >= 0.3 is 5.97 Å². The van der Waals surface area contributed by atoms with Crippen molar-refractivity contribution in [1.29, 1.82) is 0 Å². The van der Waals surface area contributed by atoms with Crippen LogP contribution in [0.15, 0.2) is 36.4 Å². The normalized spacial score (nSPS) is 16.9. The van der Waals surface area contributed by atoms with Crippen molar-refractivity contribution in [2.45, 2.75) is 52.7 Å². The van der Waals surface area contributed by atoms with Gasteiger partial charge in [-0.15, -0.1) is 0 Å². The zero-order valence-corrected chi connectivity index (χ0v) is 18.4. The highest BCUT2D eigenvalue weighted by molar-refractivity contribution is 7.80. The van der Waals surface area contributed by atoms with Gasteiger partial charge in [0, 0.05) is 17.7 Å². The SMILES string of the molecule is CCOC(=O)c1ccc(NC(=S)N[C@H]2CC(C)(C)Oc3cc(C)ccc32)c(C)c1. The Morgan fingerprint density at radius 2 is 2.00 bits per heavy atom. The number of esters is 1. The summed E-state index contributed by atoms with van der Waals surface area (Å²) in [5, 5.41) is 7.22. The maximum absolute atomic E-state index is 11.9. The van der Waals surface area contributed by atoms with Crippen molar-refractivity contribution in [3.8, 4) is 5.75 Å². The third kappa shape index (κ3) is 5.07. The second-order valence-corrected chi connectivity index (χ2v) is 8.42. The average Bonchev–Trinajstić information content (AvgIpc) is 2.62. The average molecular weight is 413 g/mol. The van der Waals surface area contributed by atoms with E-state index in [1.807, 2.05) is 13.0 Å². The summed E-state index contributed by atoms with van der Waals surface area (Å²) in [4.78, 5) is 11.9. The Morgan fingerprint density at radius 3 is 2.69 bits per heavy atom. The Kier molecular flexibility index (Phi) is 6.13. The molecule has 0 bridgehead atoms. The second kappa shape index (κ2) is 8.41. The zero-order valence-electron chi connectivity index (χ0n) is 17.6. The van der Waals surface area contributed by atoms with Crippen LogP contribution in [0.1, 0.15) is 60.3 Å². The largest absolute Gasteiger partial charge is 0.487 e. The summed E-state index contributed by atoms with van der Waals surface area (Å²) in [6.45, 7) is 10.3. The lowest BCUT2D eigenvalue weighted by molar-refractivity contribution is 0.0526. The molecule has 0 fully saturated rings. The number of aryl methyl sites for hydroxylation is 2. The number of anilines is 1. The predicted octanol–water partition coefficient (Wildman–Crippen LogP) is 5.07. The zero-order chi connectivity index (χ0) is 21.2. The molecule has 0 unspecified atom stereocenters. The quantitative estimate of drug-likeness (QED) is 0.540. The molecular formula is C23H28N2O3S. The van der Waals surface area contributed by atoms with Gasteiger partial charge < -0.3 is 20.1 Å². The van der Waals surface area contributed by atoms with Crippen LogP contribution in [0.3, 0.4) is 0 Å². The standard InChI is InChI=1S/C23H28N2O3S/c1-6-27-21(26)16-8-10-18(15(3)12-16)24-22(29)25-19-13-23(4,5)28-20-11-14(2)7-9-17(19)20/h7-12,19H,6,13H2,1-5H3,(H2,24,25,29)/t19-/m0/s1. The van der Waals surface area contributed by atoms with E-state index < -0.39 is 0 Å². The van der Waals surface area contributed by atoms with Crippen molar-refractivity contribution in [3.05, 3.63) is 58.7 Å². The fraction of sp³-hybridized carbons (Fsp3) is 0.391. The van der Waals surface area contributed by atoms with Crippen LogP contribution in [0.2, 0.25) is 0 Å². The first-order valence-electron chi connectivity index (χ1n) is 9.83. The highest BCUT2D eigenvalue weighted by Gasteiger charge is 2.34. The van der Waals surface area contributed by atoms with Crippen LogP contribution in [0.5, 0.6) is 5.75 Å². The van der Waals surface area contributed by atoms with Crippen molar-refractivity contribution < 1.29 is 14.3 Å². The molecule has 1 aliphatic heterocycles. The molecule has 0 amide bonds. The van der Waals surface area contributed by atoms with E-state index in [4.69, 9.17) is 21.7 Å². The van der Waals surface area contributed by atoms with E-state index in [1.165, 1.54) is 5.56 Å². The van der Waals surface area contributed by atoms with Crippen LogP contribution in [0.4, 0.5) is 5.69 Å². The van der Waals surface area contributed by atoms with E-state index in [0.29, 0.717) is 17.3 Å². The van der Waals surface area contributed by atoms with Crippen LogP contribution in [0.25, 0.3) is 0 Å². The van der Waals surface area contributed by atoms with Gasteiger partial charge in [-0.2, -0.15) is 0 Å². The molecule has 154 valence electrons. The molecule has 2 aromatic carbocycles. The molecule has 0 aromatic heterocycles. The molecule has 0 spiro atoms. The number of nitrogens with one attached hydrogen (secondary N) is 2. The van der Waals surface area contributed by atoms with Crippen molar-refractivity contribution in [3.63, 3.8) is 0 Å². The van der Waals surface area contributed by atoms with E-state index in [-0.39, 0.29) is 17.6 Å². The molecule has 1 heterocycles. The van der Waals surface area contributed by atoms with Gasteiger partial charge in [0.05, 0.1) is 18.2 Å². The number of hydrogen-bond acceptors (Lipinski definition) is 4. The van der Waals surface area contributed by atoms with E-state index in [9.17, 15) is 4.79 Å². The van der Waals surface area contributed by atoms with Gasteiger partial charge in [-0.3, -0.25) is 0 Å². The summed E-state index contributed by atoms with van der Waals surface area (Å²) in [5.74, 6) is 0.579. The van der Waals surface area contributed by atoms with Gasteiger partial charge in [-0.05, 0) is 82.2 Å². The number of benzene rings is 2. The molecular weight excluding hydrogens is 384 g/mol. The van der Waals surface area contributed by atoms with Crippen LogP contribution >= 0.6 is 12.2 Å². The molecule has 0 saturated heterocycles. The fourth-order valence-electron chi connectivity index (χ4n) is 3.55. The summed E-state index contributed by atoms with van der Waals surface area (Å²) < 4.78 is 11.2. The van der Waals surface area contributed by atoms with Gasteiger partial charge in [0.25, 0.3) is 0 Å². The second-order valence-electron chi connectivity index (χ2n) is 8.01. The Bertz CT molecular complexity index is 940. The first-order valence-corrected chi connectivity index (χ1v) is 10.2. The van der Waals surface area contributed by atoms with Crippen molar-refractivity contribution in [2.24, 2.45) is 0 Å². The first kappa shape index (κ1) is 21.1. The van der Waals surface area contributed by atoms with Crippen LogP contribution in [-0.2, 0) is 4.74 Å². The number of fused-ring (bicyclic) bond motifs is 1. The predicted molar refractivity (Wildman–Crippen MR) is 120 cm³/mol. The molecule has 0 radical (unpaired) electrons. The molecule has 1 atom stereocenters. The Morgan fingerprint density at radius 1 is 1.24 bits per heavy atom. The fourth-order valence-corrected chi connectivity index (χ4v) is 3.80. The third-order valence-corrected chi connectivity index (χ3v) is 5.14. The molecule has 29 heavy (non-hydrogen) atoms. The summed E-state index contributed by atoms with van der Waals surface area (Å²) in [5.41, 5.74) is 4.29. The number of hydrogen-bond donors (Lipinski definition) is 2. The molecule has 1 aliphatic rings. The molecule has 0 aliphatic carbocycles. The highest BCUT2D eigenvalue weighted by Crippen LogP contribution is 2.39. The Labute approximate surface area is 177 Å². The minimum atomic E-state index is -0.320. The number of carbonyl (C=O) groups excluding carboxylic acids is 1. The van der Waals surface area contributed by atoms with Gasteiger partial charge in [0.2, 0.25) is 0 Å². The van der Waals surface area contributed by atoms with E-state index in [1.54, 1.807) is 19.1 Å². The van der Waals surface area contributed by atoms with Crippen molar-refractivity contribution in [2.75, 3.05) is 11.9 Å². The van der Waals surface area contributed by atoms with Gasteiger partial charge in [0.1, 0.15) is 11.4 Å². The molecule has 3 rings (SSSR count). The minimum Gasteiger partial charge on any atom is -0.487 e. The topological polar surface area (TPSA) is 59.6 Å². The van der Waals surface area contributed by atoms with Crippen molar-refractivity contribution in [1.82, 2.24) is 5.32 Å². The third-order valence-electron chi connectivity index (χ3n) is 4.92. The van der Waals surface area contributed by atoms with Crippen molar-refractivity contribution >= 4 is 29.0 Å². The summed E-state index contributed by atoms with van der Waals surface area (Å²) >= 11 is 5.58.